The van der Waals surface area contributed by atoms with Crippen molar-refractivity contribution in [2.75, 3.05) is 19.0 Å². The van der Waals surface area contributed by atoms with Crippen molar-refractivity contribution >= 4 is 11.7 Å². The number of aromatic amines is 1. The second kappa shape index (κ2) is 6.65. The number of nitrogens with one attached hydrogen (secondary N) is 2. The van der Waals surface area contributed by atoms with Crippen molar-refractivity contribution in [2.45, 2.75) is 13.0 Å². The van der Waals surface area contributed by atoms with Crippen molar-refractivity contribution in [2.24, 2.45) is 0 Å². The normalized spacial score (nSPS) is 11.7. The summed E-state index contributed by atoms with van der Waals surface area (Å²) in [5.41, 5.74) is 1.58. The van der Waals surface area contributed by atoms with E-state index in [1.54, 1.807) is 20.2 Å². The monoisotopic (exact) mass is 274 g/mol. The summed E-state index contributed by atoms with van der Waals surface area (Å²) >= 11 is 0. The van der Waals surface area contributed by atoms with Crippen molar-refractivity contribution in [3.63, 3.8) is 0 Å². The van der Waals surface area contributed by atoms with Gasteiger partial charge in [-0.05, 0) is 43.3 Å². The molecule has 0 saturated heterocycles. The van der Waals surface area contributed by atoms with E-state index in [0.717, 1.165) is 17.1 Å². The maximum atomic E-state index is 12.0. The quantitative estimate of drug-likeness (QED) is 0.795. The Morgan fingerprint density at radius 2 is 2.05 bits per heavy atom. The van der Waals surface area contributed by atoms with E-state index in [2.05, 4.69) is 10.3 Å². The Morgan fingerprint density at radius 1 is 1.30 bits per heavy atom. The lowest BCUT2D eigenvalue weighted by molar-refractivity contribution is -0.144. The fourth-order valence-corrected chi connectivity index (χ4v) is 1.87. The molecule has 1 aromatic carbocycles. The molecule has 0 aliphatic carbocycles. The highest BCUT2D eigenvalue weighted by Crippen LogP contribution is 2.22. The number of carbonyl (C=O) groups is 1. The Kier molecular flexibility index (Phi) is 4.65. The number of anilines is 1. The van der Waals surface area contributed by atoms with Crippen LogP contribution >= 0.6 is 0 Å². The number of H-pyrrole nitrogens is 1. The van der Waals surface area contributed by atoms with Gasteiger partial charge >= 0.3 is 5.97 Å². The van der Waals surface area contributed by atoms with Crippen LogP contribution in [0.3, 0.4) is 0 Å². The topological polar surface area (TPSA) is 63.4 Å². The molecule has 0 aliphatic rings. The number of esters is 1. The molecular weight excluding hydrogens is 256 g/mol. The van der Waals surface area contributed by atoms with Gasteiger partial charge < -0.3 is 19.8 Å². The van der Waals surface area contributed by atoms with Gasteiger partial charge in [0.2, 0.25) is 0 Å². The molecule has 1 unspecified atom stereocenters. The summed E-state index contributed by atoms with van der Waals surface area (Å²) in [6, 6.07) is 10.5. The van der Waals surface area contributed by atoms with Crippen LogP contribution in [0, 0.1) is 0 Å². The van der Waals surface area contributed by atoms with Gasteiger partial charge in [-0.3, -0.25) is 0 Å². The molecule has 0 spiro atoms. The predicted octanol–water partition coefficient (Wildman–Crippen LogP) is 2.74. The number of rotatable bonds is 6. The van der Waals surface area contributed by atoms with Crippen LogP contribution in [0.15, 0.2) is 42.6 Å². The van der Waals surface area contributed by atoms with Crippen LogP contribution in [0.25, 0.3) is 0 Å². The third-order valence-corrected chi connectivity index (χ3v) is 2.86. The zero-order chi connectivity index (χ0) is 14.4. The van der Waals surface area contributed by atoms with Gasteiger partial charge in [0.05, 0.1) is 13.7 Å². The van der Waals surface area contributed by atoms with E-state index in [9.17, 15) is 4.79 Å². The Hall–Kier alpha value is -2.43. The van der Waals surface area contributed by atoms with Gasteiger partial charge in [0.25, 0.3) is 0 Å². The zero-order valence-electron chi connectivity index (χ0n) is 11.6. The van der Waals surface area contributed by atoms with E-state index in [4.69, 9.17) is 9.47 Å². The summed E-state index contributed by atoms with van der Waals surface area (Å²) in [4.78, 5) is 15.1. The summed E-state index contributed by atoms with van der Waals surface area (Å²) in [5.74, 6) is 0.453. The smallest absolute Gasteiger partial charge is 0.334 e. The van der Waals surface area contributed by atoms with E-state index in [-0.39, 0.29) is 5.97 Å². The lowest BCUT2D eigenvalue weighted by atomic mass is 10.2. The zero-order valence-corrected chi connectivity index (χ0v) is 11.6. The Balaban J connectivity index is 2.16. The molecule has 0 radical (unpaired) electrons. The van der Waals surface area contributed by atoms with Crippen LogP contribution in [0.1, 0.15) is 18.7 Å². The van der Waals surface area contributed by atoms with Crippen LogP contribution in [0.2, 0.25) is 0 Å². The largest absolute Gasteiger partial charge is 0.497 e. The Labute approximate surface area is 117 Å². The van der Waals surface area contributed by atoms with Crippen LogP contribution in [-0.2, 0) is 9.53 Å². The van der Waals surface area contributed by atoms with E-state index >= 15 is 0 Å². The van der Waals surface area contributed by atoms with Gasteiger partial charge in [0, 0.05) is 17.6 Å². The average molecular weight is 274 g/mol. The molecule has 106 valence electrons. The molecule has 0 saturated carbocycles. The maximum Gasteiger partial charge on any atom is 0.334 e. The summed E-state index contributed by atoms with van der Waals surface area (Å²) < 4.78 is 10.2. The molecule has 2 aromatic rings. The average Bonchev–Trinajstić information content (AvgIpc) is 2.99. The van der Waals surface area contributed by atoms with Crippen molar-refractivity contribution < 1.29 is 14.3 Å². The lowest BCUT2D eigenvalue weighted by Gasteiger charge is -2.17. The minimum Gasteiger partial charge on any atom is -0.497 e. The van der Waals surface area contributed by atoms with Crippen molar-refractivity contribution in [1.29, 1.82) is 0 Å². The Morgan fingerprint density at radius 3 is 2.60 bits per heavy atom. The molecule has 20 heavy (non-hydrogen) atoms. The number of hydrogen-bond acceptors (Lipinski definition) is 4. The van der Waals surface area contributed by atoms with Crippen LogP contribution < -0.4 is 10.1 Å². The molecular formula is C15H18N2O3. The molecule has 2 rings (SSSR count). The molecule has 1 heterocycles. The molecule has 0 amide bonds. The lowest BCUT2D eigenvalue weighted by Crippen LogP contribution is -2.23. The summed E-state index contributed by atoms with van der Waals surface area (Å²) in [5, 5.41) is 3.16. The minimum absolute atomic E-state index is 0.314. The SMILES string of the molecule is CCOC(=O)C(Nc1ccc(OC)cc1)c1ccc[nH]1. The first-order valence-electron chi connectivity index (χ1n) is 6.45. The number of benzene rings is 1. The van der Waals surface area contributed by atoms with Crippen LogP contribution in [-0.4, -0.2) is 24.7 Å². The number of aromatic nitrogens is 1. The second-order valence-electron chi connectivity index (χ2n) is 4.18. The second-order valence-corrected chi connectivity index (χ2v) is 4.18. The van der Waals surface area contributed by atoms with Crippen molar-refractivity contribution in [3.8, 4) is 5.75 Å². The van der Waals surface area contributed by atoms with Crippen LogP contribution in [0.4, 0.5) is 5.69 Å². The summed E-state index contributed by atoms with van der Waals surface area (Å²) in [6.45, 7) is 2.14. The first-order valence-corrected chi connectivity index (χ1v) is 6.45. The number of hydrogen-bond donors (Lipinski definition) is 2. The molecule has 0 aliphatic heterocycles. The van der Waals surface area contributed by atoms with Gasteiger partial charge in [-0.1, -0.05) is 0 Å². The highest BCUT2D eigenvalue weighted by atomic mass is 16.5. The first kappa shape index (κ1) is 14.0. The fraction of sp³-hybridized carbons (Fsp3) is 0.267. The molecule has 5 heteroatoms. The van der Waals surface area contributed by atoms with Crippen molar-refractivity contribution in [1.82, 2.24) is 4.98 Å². The Bertz CT molecular complexity index is 535. The summed E-state index contributed by atoms with van der Waals surface area (Å²) in [7, 11) is 1.61. The molecule has 1 atom stereocenters. The molecule has 0 bridgehead atoms. The van der Waals surface area contributed by atoms with E-state index in [0.29, 0.717) is 6.61 Å². The standard InChI is InChI=1S/C15H18N2O3/c1-3-20-15(18)14(13-5-4-10-16-13)17-11-6-8-12(19-2)9-7-11/h4-10,14,16-17H,3H2,1-2H3. The third-order valence-electron chi connectivity index (χ3n) is 2.86. The predicted molar refractivity (Wildman–Crippen MR) is 76.8 cm³/mol. The minimum atomic E-state index is -0.557. The highest BCUT2D eigenvalue weighted by Gasteiger charge is 2.22. The van der Waals surface area contributed by atoms with Crippen LogP contribution in [0.5, 0.6) is 5.75 Å². The van der Waals surface area contributed by atoms with E-state index < -0.39 is 6.04 Å². The number of methoxy groups -OCH3 is 1. The van der Waals surface area contributed by atoms with Crippen molar-refractivity contribution in [3.05, 3.63) is 48.3 Å². The number of carbonyl (C=O) groups excluding carboxylic acids is 1. The molecule has 5 nitrogen and oxygen atoms in total. The first-order chi connectivity index (χ1) is 9.74. The van der Waals surface area contributed by atoms with Gasteiger partial charge in [-0.15, -0.1) is 0 Å². The van der Waals surface area contributed by atoms with Gasteiger partial charge in [-0.25, -0.2) is 4.79 Å². The summed E-state index contributed by atoms with van der Waals surface area (Å²) in [6.07, 6.45) is 1.78. The maximum absolute atomic E-state index is 12.0. The van der Waals surface area contributed by atoms with Gasteiger partial charge in [-0.2, -0.15) is 0 Å². The molecule has 0 fully saturated rings. The van der Waals surface area contributed by atoms with E-state index in [1.807, 2.05) is 36.4 Å². The highest BCUT2D eigenvalue weighted by molar-refractivity contribution is 5.80. The molecule has 1 aromatic heterocycles. The number of ether oxygens (including phenoxy) is 2. The van der Waals surface area contributed by atoms with Gasteiger partial charge in [0.15, 0.2) is 6.04 Å². The third kappa shape index (κ3) is 3.32. The molecule has 2 N–H and O–H groups in total. The van der Waals surface area contributed by atoms with E-state index in [1.165, 1.54) is 0 Å². The fourth-order valence-electron chi connectivity index (χ4n) is 1.87. The van der Waals surface area contributed by atoms with Gasteiger partial charge in [0.1, 0.15) is 5.75 Å².